The Kier molecular flexibility index (Phi) is 6.00. The fourth-order valence-electron chi connectivity index (χ4n) is 3.24. The Bertz CT molecular complexity index is 1210. The molecule has 0 radical (unpaired) electrons. The fraction of sp³-hybridized carbons (Fsp3) is 0.211. The fourth-order valence-corrected chi connectivity index (χ4v) is 5.16. The van der Waals surface area contributed by atoms with E-state index < -0.39 is 32.7 Å². The molecule has 2 N–H and O–H groups in total. The summed E-state index contributed by atoms with van der Waals surface area (Å²) in [7, 11) is -4.25. The van der Waals surface area contributed by atoms with Gasteiger partial charge in [0.05, 0.1) is 27.6 Å². The second-order valence-corrected chi connectivity index (χ2v) is 9.64. The van der Waals surface area contributed by atoms with Gasteiger partial charge < -0.3 is 10.2 Å². The van der Waals surface area contributed by atoms with Crippen LogP contribution in [0.25, 0.3) is 0 Å². The summed E-state index contributed by atoms with van der Waals surface area (Å²) in [5, 5.41) is 4.29. The number of aromatic nitrogens is 1. The molecule has 31 heavy (non-hydrogen) atoms. The third kappa shape index (κ3) is 4.73. The van der Waals surface area contributed by atoms with E-state index in [1.165, 1.54) is 40.4 Å². The van der Waals surface area contributed by atoms with Gasteiger partial charge in [0.2, 0.25) is 0 Å². The van der Waals surface area contributed by atoms with E-state index in [9.17, 15) is 21.6 Å². The summed E-state index contributed by atoms with van der Waals surface area (Å²) in [5.41, 5.74) is 2.29. The van der Waals surface area contributed by atoms with Crippen molar-refractivity contribution >= 4 is 55.8 Å². The van der Waals surface area contributed by atoms with Gasteiger partial charge in [0.25, 0.3) is 10.0 Å². The minimum absolute atomic E-state index is 0.0652. The summed E-state index contributed by atoms with van der Waals surface area (Å²) in [6.45, 7) is 0.514. The van der Waals surface area contributed by atoms with Gasteiger partial charge in [-0.1, -0.05) is 11.6 Å². The Balaban J connectivity index is 1.64. The molecule has 3 aromatic rings. The van der Waals surface area contributed by atoms with Crippen molar-refractivity contribution in [3.8, 4) is 0 Å². The number of halogens is 4. The van der Waals surface area contributed by atoms with E-state index in [0.29, 0.717) is 24.3 Å². The number of benzene rings is 2. The molecule has 6 nitrogen and oxygen atoms in total. The molecule has 1 aliphatic rings. The van der Waals surface area contributed by atoms with Crippen molar-refractivity contribution in [3.63, 3.8) is 0 Å². The Morgan fingerprint density at radius 3 is 2.68 bits per heavy atom. The first-order chi connectivity index (χ1) is 14.7. The highest BCUT2D eigenvalue weighted by atomic mass is 35.5. The lowest BCUT2D eigenvalue weighted by Crippen LogP contribution is -2.21. The van der Waals surface area contributed by atoms with E-state index in [1.807, 2.05) is 0 Å². The molecule has 1 atom stereocenters. The van der Waals surface area contributed by atoms with Crippen molar-refractivity contribution in [2.45, 2.75) is 17.5 Å². The summed E-state index contributed by atoms with van der Waals surface area (Å²) >= 11 is 7.40. The number of nitrogens with zero attached hydrogens (tertiary/aromatic N) is 2. The predicted octanol–water partition coefficient (Wildman–Crippen LogP) is 5.17. The average Bonchev–Trinajstić information content (AvgIpc) is 3.37. The van der Waals surface area contributed by atoms with Crippen molar-refractivity contribution in [2.24, 2.45) is 0 Å². The zero-order chi connectivity index (χ0) is 22.2. The van der Waals surface area contributed by atoms with Crippen LogP contribution in [0.15, 0.2) is 46.1 Å². The van der Waals surface area contributed by atoms with Gasteiger partial charge in [-0.15, -0.1) is 11.3 Å². The summed E-state index contributed by atoms with van der Waals surface area (Å²) in [4.78, 5) is 4.84. The van der Waals surface area contributed by atoms with Crippen LogP contribution in [0.5, 0.6) is 0 Å². The molecule has 0 amide bonds. The molecule has 1 aliphatic heterocycles. The standard InChI is InChI=1S/C19H16ClF3N4O2S2/c20-13-6-18(31(28,29)26-19-9-30-10-24-19)14(23)7-16(13)25-15-2-1-11(21)5-17(15)27-4-3-12(22)8-27/h1-2,5-7,9-10,12,25-26H,3-4,8H2/t12-/m1/s1. The van der Waals surface area contributed by atoms with Gasteiger partial charge in [-0.3, -0.25) is 4.72 Å². The molecule has 0 bridgehead atoms. The van der Waals surface area contributed by atoms with Gasteiger partial charge in [-0.25, -0.2) is 26.6 Å². The van der Waals surface area contributed by atoms with Crippen LogP contribution < -0.4 is 14.9 Å². The highest BCUT2D eigenvalue weighted by Gasteiger charge is 2.26. The molecule has 12 heteroatoms. The number of sulfonamides is 1. The zero-order valence-corrected chi connectivity index (χ0v) is 18.2. The van der Waals surface area contributed by atoms with Crippen molar-refractivity contribution in [2.75, 3.05) is 28.0 Å². The molecule has 2 heterocycles. The summed E-state index contributed by atoms with van der Waals surface area (Å²) in [6.07, 6.45) is -0.698. The maximum atomic E-state index is 14.7. The van der Waals surface area contributed by atoms with Gasteiger partial charge in [0.15, 0.2) is 5.82 Å². The van der Waals surface area contributed by atoms with Crippen LogP contribution in [-0.4, -0.2) is 32.7 Å². The highest BCUT2D eigenvalue weighted by Crippen LogP contribution is 2.36. The molecule has 4 rings (SSSR count). The molecule has 0 unspecified atom stereocenters. The van der Waals surface area contributed by atoms with Gasteiger partial charge >= 0.3 is 0 Å². The number of hydrogen-bond donors (Lipinski definition) is 2. The number of thiazole rings is 1. The maximum absolute atomic E-state index is 14.7. The van der Waals surface area contributed by atoms with Crippen LogP contribution >= 0.6 is 22.9 Å². The lowest BCUT2D eigenvalue weighted by molar-refractivity contribution is 0.364. The second-order valence-electron chi connectivity index (χ2n) is 6.86. The van der Waals surface area contributed by atoms with Crippen LogP contribution in [-0.2, 0) is 10.0 Å². The van der Waals surface area contributed by atoms with Crippen LogP contribution in [0, 0.1) is 11.6 Å². The number of anilines is 4. The van der Waals surface area contributed by atoms with E-state index in [1.54, 1.807) is 4.90 Å². The minimum atomic E-state index is -4.25. The van der Waals surface area contributed by atoms with E-state index in [4.69, 9.17) is 11.6 Å². The number of nitrogens with one attached hydrogen (secondary N) is 2. The van der Waals surface area contributed by atoms with Crippen molar-refractivity contribution in [1.29, 1.82) is 0 Å². The third-order valence-electron chi connectivity index (χ3n) is 4.68. The first-order valence-corrected chi connectivity index (χ1v) is 11.9. The Labute approximate surface area is 185 Å². The van der Waals surface area contributed by atoms with Crippen LogP contribution in [0.4, 0.5) is 36.1 Å². The number of hydrogen-bond acceptors (Lipinski definition) is 6. The zero-order valence-electron chi connectivity index (χ0n) is 15.8. The molecule has 1 fully saturated rings. The van der Waals surface area contributed by atoms with Crippen LogP contribution in [0.2, 0.25) is 5.02 Å². The monoisotopic (exact) mass is 488 g/mol. The number of alkyl halides is 1. The Morgan fingerprint density at radius 1 is 1.19 bits per heavy atom. The Hall–Kier alpha value is -2.50. The molecule has 0 spiro atoms. The van der Waals surface area contributed by atoms with Crippen molar-refractivity contribution in [1.82, 2.24) is 4.98 Å². The molecule has 1 aromatic heterocycles. The lowest BCUT2D eigenvalue weighted by Gasteiger charge is -2.22. The summed E-state index contributed by atoms with van der Waals surface area (Å²) in [6, 6.07) is 5.80. The predicted molar refractivity (Wildman–Crippen MR) is 116 cm³/mol. The average molecular weight is 489 g/mol. The van der Waals surface area contributed by atoms with Crippen molar-refractivity contribution < 1.29 is 21.6 Å². The SMILES string of the molecule is O=S(=O)(Nc1cscn1)c1cc(Cl)c(Nc2ccc(F)cc2N2CC[C@@H](F)C2)cc1F. The molecule has 1 saturated heterocycles. The number of rotatable bonds is 6. The van der Waals surface area contributed by atoms with E-state index in [2.05, 4.69) is 15.0 Å². The normalized spacial score (nSPS) is 16.5. The first kappa shape index (κ1) is 21.7. The molecule has 164 valence electrons. The lowest BCUT2D eigenvalue weighted by atomic mass is 10.2. The largest absolute Gasteiger partial charge is 0.367 e. The highest BCUT2D eigenvalue weighted by molar-refractivity contribution is 7.92. The Morgan fingerprint density at radius 2 is 2.00 bits per heavy atom. The van der Waals surface area contributed by atoms with E-state index in [0.717, 1.165) is 12.1 Å². The van der Waals surface area contributed by atoms with Crippen LogP contribution in [0.1, 0.15) is 6.42 Å². The third-order valence-corrected chi connectivity index (χ3v) is 6.95. The molecular formula is C19H16ClF3N4O2S2. The van der Waals surface area contributed by atoms with Gasteiger partial charge in [-0.2, -0.15) is 0 Å². The smallest absolute Gasteiger partial charge is 0.266 e. The minimum Gasteiger partial charge on any atom is -0.367 e. The van der Waals surface area contributed by atoms with E-state index in [-0.39, 0.29) is 23.1 Å². The first-order valence-electron chi connectivity index (χ1n) is 9.08. The summed E-state index contributed by atoms with van der Waals surface area (Å²) in [5.74, 6) is -1.48. The van der Waals surface area contributed by atoms with Gasteiger partial charge in [0, 0.05) is 24.5 Å². The topological polar surface area (TPSA) is 74.3 Å². The van der Waals surface area contributed by atoms with E-state index >= 15 is 0 Å². The quantitative estimate of drug-likeness (QED) is 0.501. The van der Waals surface area contributed by atoms with Crippen molar-refractivity contribution in [3.05, 3.63) is 57.9 Å². The maximum Gasteiger partial charge on any atom is 0.266 e. The molecule has 2 aromatic carbocycles. The summed E-state index contributed by atoms with van der Waals surface area (Å²) < 4.78 is 69.3. The van der Waals surface area contributed by atoms with Gasteiger partial charge in [0.1, 0.15) is 22.7 Å². The molecule has 0 aliphatic carbocycles. The van der Waals surface area contributed by atoms with Gasteiger partial charge in [-0.05, 0) is 30.7 Å². The van der Waals surface area contributed by atoms with Crippen LogP contribution in [0.3, 0.4) is 0 Å². The second kappa shape index (κ2) is 8.56. The molecular weight excluding hydrogens is 473 g/mol. The molecule has 0 saturated carbocycles.